The first-order valence-corrected chi connectivity index (χ1v) is 35.8. The maximum absolute atomic E-state index is 14.6. The van der Waals surface area contributed by atoms with Crippen molar-refractivity contribution in [3.05, 3.63) is 0 Å². The van der Waals surface area contributed by atoms with E-state index in [4.69, 9.17) is 43.6 Å². The van der Waals surface area contributed by atoms with E-state index in [1.54, 1.807) is 0 Å². The first-order chi connectivity index (χ1) is 53.3. The highest BCUT2D eigenvalue weighted by Crippen LogP contribution is 2.20. The Morgan fingerprint density at radius 1 is 0.259 bits per heavy atom. The smallest absolute Gasteiger partial charge is 0.289 e. The summed E-state index contributed by atoms with van der Waals surface area (Å²) in [5.74, 6) is -29.1. The van der Waals surface area contributed by atoms with Gasteiger partial charge >= 0.3 is 0 Å². The van der Waals surface area contributed by atoms with Crippen LogP contribution in [0.4, 0.5) is 0 Å². The highest BCUT2D eigenvalue weighted by molar-refractivity contribution is 6.41. The molecule has 0 aliphatic carbocycles. The number of nitrogens with two attached hydrogens (primary N) is 1. The first-order valence-electron chi connectivity index (χ1n) is 35.8. The fraction of sp³-hybridized carbons (Fsp3) is 0.681. The molecular formula is C69H109N13O30. The van der Waals surface area contributed by atoms with Crippen molar-refractivity contribution in [2.75, 3.05) is 162 Å². The largest absolute Gasteiger partial charge is 0.383 e. The van der Waals surface area contributed by atoms with E-state index in [1.165, 1.54) is 56.9 Å². The van der Waals surface area contributed by atoms with Gasteiger partial charge in [0.1, 0.15) is 11.8 Å². The Labute approximate surface area is 646 Å². The van der Waals surface area contributed by atoms with E-state index in [1.807, 2.05) is 0 Å². The number of nitrogens with one attached hydrogen (secondary N) is 12. The van der Waals surface area contributed by atoms with Crippen molar-refractivity contribution < 1.29 is 143 Å². The van der Waals surface area contributed by atoms with Gasteiger partial charge in [-0.3, -0.25) is 105 Å². The highest BCUT2D eigenvalue weighted by Gasteiger charge is 2.37. The summed E-state index contributed by atoms with van der Waals surface area (Å²) in [7, 11) is 10.5. The van der Waals surface area contributed by atoms with Crippen molar-refractivity contribution in [2.24, 2.45) is 17.6 Å². The van der Waals surface area contributed by atoms with E-state index < -0.39 is 273 Å². The van der Waals surface area contributed by atoms with Crippen molar-refractivity contribution in [1.29, 1.82) is 0 Å². The van der Waals surface area contributed by atoms with Crippen molar-refractivity contribution in [1.82, 2.24) is 63.8 Å². The van der Waals surface area contributed by atoms with E-state index in [0.29, 0.717) is 0 Å². The predicted octanol–water partition coefficient (Wildman–Crippen LogP) is -8.48. The lowest BCUT2D eigenvalue weighted by Crippen LogP contribution is -2.54. The molecule has 14 N–H and O–H groups in total. The van der Waals surface area contributed by atoms with Gasteiger partial charge in [0.05, 0.1) is 77.0 Å². The Balaban J connectivity index is 7.80. The van der Waals surface area contributed by atoms with E-state index in [-0.39, 0.29) is 105 Å². The summed E-state index contributed by atoms with van der Waals surface area (Å²) in [5.41, 5.74) is 6.33. The number of hydrogen-bond acceptors (Lipinski definition) is 31. The molecular weight excluding hydrogens is 1490 g/mol. The molecule has 0 fully saturated rings. The zero-order valence-electron chi connectivity index (χ0n) is 64.5. The van der Waals surface area contributed by atoms with E-state index in [0.717, 1.165) is 0 Å². The Morgan fingerprint density at radius 3 is 0.857 bits per heavy atom. The fourth-order valence-corrected chi connectivity index (χ4v) is 9.80. The minimum Gasteiger partial charge on any atom is -0.383 e. The molecule has 0 heterocycles. The Hall–Kier alpha value is -10.0. The Bertz CT molecular complexity index is 3210. The van der Waals surface area contributed by atoms with Crippen LogP contribution in [0.5, 0.6) is 0 Å². The van der Waals surface area contributed by atoms with Gasteiger partial charge in [0.15, 0.2) is 5.78 Å². The normalized spacial score (nSPS) is 12.7. The van der Waals surface area contributed by atoms with Crippen molar-refractivity contribution >= 4 is 129 Å². The monoisotopic (exact) mass is 1600 g/mol. The molecule has 12 amide bonds. The van der Waals surface area contributed by atoms with Crippen molar-refractivity contribution in [3.63, 3.8) is 0 Å². The summed E-state index contributed by atoms with van der Waals surface area (Å²) in [6.07, 6.45) is -11.8. The molecule has 0 aliphatic rings. The number of ether oxygens (including phenoxy) is 8. The maximum atomic E-state index is 14.6. The second kappa shape index (κ2) is 60.7. The van der Waals surface area contributed by atoms with E-state index >= 15 is 0 Å². The number of methoxy groups -OCH3 is 8. The third-order valence-corrected chi connectivity index (χ3v) is 16.1. The zero-order chi connectivity index (χ0) is 84.5. The SMILES string of the molecule is COCCNC(=O)C(=O)CCC(CC(=O)CCC(NC(=O)CCC(N)C(=O)NC(CCC(=O)NC(CCC(=O)C(=O)NCCOC)C(=O)C(=O)NCCOC)C(=O)CC(CCC(=O)C(=O)NCCOC)C(=O)C(=O)NCCOC)C(=O)NC(CCC(=O)C(=O)NCCOC)C(=O)C(=O)NCCOC)C(=O)C(=O)NCCOC. The number of hydrogen-bond donors (Lipinski definition) is 13. The molecule has 0 aromatic rings. The molecule has 0 radical (unpaired) electrons. The molecule has 630 valence electrons. The molecule has 0 spiro atoms. The molecule has 7 unspecified atom stereocenters. The molecule has 7 atom stereocenters. The van der Waals surface area contributed by atoms with Gasteiger partial charge in [0.2, 0.25) is 69.9 Å². The van der Waals surface area contributed by atoms with Crippen LogP contribution in [0.15, 0.2) is 0 Å². The second-order valence-corrected chi connectivity index (χ2v) is 24.7. The average Bonchev–Trinajstić information content (AvgIpc) is 0.870. The summed E-state index contributed by atoms with van der Waals surface area (Å²) in [5, 5.41) is 27.5. The standard InChI is InChI=1S/C69H109N13O30/c1-105-31-23-71-62(97)49(84)17-9-41(56(91)66(101)75-27-35-109-5)39-43(83)11-13-48(61(96)82-47(59(94)69(104)78-30-38-112-8)15-20-52(87)65(100)74-26-34-108-4)80-54(89)21-12-44(70)60(95)81-45(53(88)40-42(57(92)67(102)76-28-36-110-6)10-18-50(85)63(98)72-24-32-106-2)16-22-55(90)79-46(58(93)68(103)77-29-37-111-7)14-19-51(86)64(99)73-25-33-107-3/h41-42,44-48H,9-40,70H2,1-8H3,(H,71,97)(H,72,98)(H,73,99)(H,74,100)(H,75,101)(H,76,102)(H,77,103)(H,78,104)(H,79,90)(H,80,89)(H,81,95)(H,82,96). The highest BCUT2D eigenvalue weighted by atomic mass is 16.5. The lowest BCUT2D eigenvalue weighted by Gasteiger charge is -2.24. The van der Waals surface area contributed by atoms with Crippen LogP contribution in [0.25, 0.3) is 0 Å². The summed E-state index contributed by atoms with van der Waals surface area (Å²) in [4.78, 5) is 294. The second-order valence-electron chi connectivity index (χ2n) is 24.7. The summed E-state index contributed by atoms with van der Waals surface area (Å²) < 4.78 is 39.1. The Kier molecular flexibility index (Phi) is 55.2. The van der Waals surface area contributed by atoms with Crippen LogP contribution in [0.2, 0.25) is 0 Å². The lowest BCUT2D eigenvalue weighted by atomic mass is 9.88. The van der Waals surface area contributed by atoms with Crippen LogP contribution in [0, 0.1) is 11.8 Å². The van der Waals surface area contributed by atoms with Gasteiger partial charge in [0, 0.05) is 179 Å². The van der Waals surface area contributed by atoms with Gasteiger partial charge in [-0.15, -0.1) is 0 Å². The molecule has 43 heteroatoms. The number of carbonyl (C=O) groups is 22. The fourth-order valence-electron chi connectivity index (χ4n) is 9.80. The van der Waals surface area contributed by atoms with Crippen LogP contribution in [0.3, 0.4) is 0 Å². The molecule has 0 aromatic heterocycles. The third-order valence-electron chi connectivity index (χ3n) is 16.1. The minimum atomic E-state index is -1.95. The molecule has 0 saturated heterocycles. The quantitative estimate of drug-likeness (QED) is 0.0199. The summed E-state index contributed by atoms with van der Waals surface area (Å²) >= 11 is 0. The van der Waals surface area contributed by atoms with Gasteiger partial charge in [-0.05, 0) is 44.9 Å². The first kappa shape index (κ1) is 102. The van der Waals surface area contributed by atoms with Gasteiger partial charge < -0.3 is 107 Å². The predicted molar refractivity (Wildman–Crippen MR) is 386 cm³/mol. The molecule has 0 rings (SSSR count). The molecule has 0 aromatic carbocycles. The van der Waals surface area contributed by atoms with Crippen LogP contribution in [-0.4, -0.2) is 321 Å². The number of carbonyl (C=O) groups excluding carboxylic acids is 22. The van der Waals surface area contributed by atoms with Crippen LogP contribution in [-0.2, 0) is 143 Å². The van der Waals surface area contributed by atoms with Gasteiger partial charge in [-0.25, -0.2) is 0 Å². The van der Waals surface area contributed by atoms with Crippen LogP contribution < -0.4 is 69.5 Å². The summed E-state index contributed by atoms with van der Waals surface area (Å²) in [6.45, 7) is -1.47. The molecule has 0 aliphatic heterocycles. The molecule has 43 nitrogen and oxygen atoms in total. The van der Waals surface area contributed by atoms with Gasteiger partial charge in [-0.1, -0.05) is 0 Å². The minimum absolute atomic E-state index is 0.00202. The summed E-state index contributed by atoms with van der Waals surface area (Å²) in [6, 6.07) is -9.48. The number of Topliss-reactive ketones (excluding diaryl/α,β-unsaturated/α-hetero) is 10. The van der Waals surface area contributed by atoms with E-state index in [2.05, 4.69) is 63.8 Å². The van der Waals surface area contributed by atoms with Gasteiger partial charge in [0.25, 0.3) is 47.3 Å². The third kappa shape index (κ3) is 44.1. The van der Waals surface area contributed by atoms with Gasteiger partial charge in [-0.2, -0.15) is 0 Å². The number of amides is 12. The van der Waals surface area contributed by atoms with Crippen molar-refractivity contribution in [3.8, 4) is 0 Å². The van der Waals surface area contributed by atoms with Crippen LogP contribution in [0.1, 0.15) is 103 Å². The zero-order valence-corrected chi connectivity index (χ0v) is 64.5. The van der Waals surface area contributed by atoms with Crippen LogP contribution >= 0.6 is 0 Å². The molecule has 0 bridgehead atoms. The topological polar surface area (TPSA) is 620 Å². The number of ketones is 10. The molecule has 0 saturated carbocycles. The lowest BCUT2D eigenvalue weighted by molar-refractivity contribution is -0.142. The average molecular weight is 1600 g/mol. The number of rotatable bonds is 68. The Morgan fingerprint density at radius 2 is 0.518 bits per heavy atom. The molecule has 112 heavy (non-hydrogen) atoms. The maximum Gasteiger partial charge on any atom is 0.289 e. The van der Waals surface area contributed by atoms with Crippen molar-refractivity contribution in [2.45, 2.75) is 133 Å². The van der Waals surface area contributed by atoms with E-state index in [9.17, 15) is 105 Å².